The Morgan fingerprint density at radius 1 is 1.10 bits per heavy atom. The zero-order valence-corrected chi connectivity index (χ0v) is 17.1. The number of aromatic nitrogens is 1. The molecule has 152 valence electrons. The Morgan fingerprint density at radius 2 is 1.83 bits per heavy atom. The van der Waals surface area contributed by atoms with Crippen molar-refractivity contribution in [3.63, 3.8) is 0 Å². The van der Waals surface area contributed by atoms with Crippen molar-refractivity contribution in [2.45, 2.75) is 0 Å². The van der Waals surface area contributed by atoms with Crippen LogP contribution in [-0.4, -0.2) is 49.7 Å². The standard InChI is InChI=1S/C22H25N3O4/c1-24(2)11-12-29-20-13-15(9-10-19(20)28-4)23-21(26)18-14-25(3)22(27)17-8-6-5-7-16(17)18/h5-10,13-14H,11-12H2,1-4H3,(H,23,26). The van der Waals surface area contributed by atoms with Crippen molar-refractivity contribution in [3.8, 4) is 11.5 Å². The average Bonchev–Trinajstić information content (AvgIpc) is 2.70. The second-order valence-corrected chi connectivity index (χ2v) is 6.98. The van der Waals surface area contributed by atoms with Gasteiger partial charge in [-0.1, -0.05) is 18.2 Å². The van der Waals surface area contributed by atoms with Crippen LogP contribution < -0.4 is 20.3 Å². The fourth-order valence-corrected chi connectivity index (χ4v) is 3.00. The summed E-state index contributed by atoms with van der Waals surface area (Å²) in [6.45, 7) is 1.25. The summed E-state index contributed by atoms with van der Waals surface area (Å²) in [7, 11) is 7.14. The van der Waals surface area contributed by atoms with Gasteiger partial charge in [-0.25, -0.2) is 0 Å². The number of carbonyl (C=O) groups excluding carboxylic acids is 1. The van der Waals surface area contributed by atoms with Gasteiger partial charge in [-0.15, -0.1) is 0 Å². The van der Waals surface area contributed by atoms with E-state index in [-0.39, 0.29) is 11.5 Å². The number of fused-ring (bicyclic) bond motifs is 1. The second-order valence-electron chi connectivity index (χ2n) is 6.98. The third kappa shape index (κ3) is 4.57. The van der Waals surface area contributed by atoms with Crippen molar-refractivity contribution in [1.29, 1.82) is 0 Å². The smallest absolute Gasteiger partial charge is 0.258 e. The Bertz CT molecular complexity index is 1090. The van der Waals surface area contributed by atoms with Crippen molar-refractivity contribution in [3.05, 3.63) is 64.6 Å². The van der Waals surface area contributed by atoms with E-state index in [0.29, 0.717) is 40.1 Å². The number of methoxy groups -OCH3 is 1. The minimum Gasteiger partial charge on any atom is -0.493 e. The minimum absolute atomic E-state index is 0.141. The Balaban J connectivity index is 1.89. The van der Waals surface area contributed by atoms with Crippen LogP contribution in [-0.2, 0) is 7.05 Å². The summed E-state index contributed by atoms with van der Waals surface area (Å²) >= 11 is 0. The van der Waals surface area contributed by atoms with Crippen molar-refractivity contribution < 1.29 is 14.3 Å². The van der Waals surface area contributed by atoms with Crippen LogP contribution in [0.15, 0.2) is 53.5 Å². The quantitative estimate of drug-likeness (QED) is 0.666. The van der Waals surface area contributed by atoms with E-state index in [1.807, 2.05) is 25.1 Å². The maximum Gasteiger partial charge on any atom is 0.258 e. The lowest BCUT2D eigenvalue weighted by Crippen LogP contribution is -2.21. The summed E-state index contributed by atoms with van der Waals surface area (Å²) in [5.74, 6) is 0.841. The molecule has 0 atom stereocenters. The molecule has 29 heavy (non-hydrogen) atoms. The fraction of sp³-hybridized carbons (Fsp3) is 0.273. The van der Waals surface area contributed by atoms with E-state index in [0.717, 1.165) is 6.54 Å². The first-order valence-electron chi connectivity index (χ1n) is 9.26. The molecule has 0 saturated carbocycles. The predicted molar refractivity (Wildman–Crippen MR) is 114 cm³/mol. The zero-order chi connectivity index (χ0) is 21.0. The number of nitrogens with zero attached hydrogens (tertiary/aromatic N) is 2. The highest BCUT2D eigenvalue weighted by atomic mass is 16.5. The number of nitrogens with one attached hydrogen (secondary N) is 1. The molecule has 0 aliphatic carbocycles. The molecule has 1 amide bonds. The first-order valence-corrected chi connectivity index (χ1v) is 9.26. The number of hydrogen-bond donors (Lipinski definition) is 1. The molecular weight excluding hydrogens is 370 g/mol. The summed E-state index contributed by atoms with van der Waals surface area (Å²) in [5.41, 5.74) is 0.861. The molecule has 3 aromatic rings. The molecule has 1 N–H and O–H groups in total. The van der Waals surface area contributed by atoms with Crippen LogP contribution in [0.5, 0.6) is 11.5 Å². The number of rotatable bonds is 7. The van der Waals surface area contributed by atoms with Gasteiger partial charge in [0.15, 0.2) is 11.5 Å². The summed E-state index contributed by atoms with van der Waals surface area (Å²) in [6.07, 6.45) is 1.55. The SMILES string of the molecule is COc1ccc(NC(=O)c2cn(C)c(=O)c3ccccc23)cc1OCCN(C)C. The number of anilines is 1. The molecule has 0 radical (unpaired) electrons. The predicted octanol–water partition coefficient (Wildman–Crippen LogP) is 2.74. The van der Waals surface area contributed by atoms with Crippen molar-refractivity contribution in [2.75, 3.05) is 39.7 Å². The summed E-state index contributed by atoms with van der Waals surface area (Å²) < 4.78 is 12.6. The monoisotopic (exact) mass is 395 g/mol. The molecule has 7 heteroatoms. The topological polar surface area (TPSA) is 72.8 Å². The number of likely N-dealkylation sites (N-methyl/N-ethyl adjacent to an activating group) is 1. The largest absolute Gasteiger partial charge is 0.493 e. The van der Waals surface area contributed by atoms with Crippen LogP contribution in [0, 0.1) is 0 Å². The first-order chi connectivity index (χ1) is 13.9. The van der Waals surface area contributed by atoms with E-state index < -0.39 is 0 Å². The van der Waals surface area contributed by atoms with Gasteiger partial charge in [0, 0.05) is 42.3 Å². The molecular formula is C22H25N3O4. The Labute approximate surface area is 169 Å². The third-order valence-corrected chi connectivity index (χ3v) is 4.55. The lowest BCUT2D eigenvalue weighted by Gasteiger charge is -2.15. The first kappa shape index (κ1) is 20.4. The molecule has 3 rings (SSSR count). The van der Waals surface area contributed by atoms with E-state index in [1.165, 1.54) is 4.57 Å². The van der Waals surface area contributed by atoms with Crippen molar-refractivity contribution >= 4 is 22.4 Å². The summed E-state index contributed by atoms with van der Waals surface area (Å²) in [6, 6.07) is 12.3. The number of pyridine rings is 1. The molecule has 1 aromatic heterocycles. The van der Waals surface area contributed by atoms with E-state index >= 15 is 0 Å². The molecule has 0 saturated heterocycles. The molecule has 1 heterocycles. The highest BCUT2D eigenvalue weighted by molar-refractivity contribution is 6.12. The number of benzene rings is 2. The van der Waals surface area contributed by atoms with Crippen LogP contribution in [0.4, 0.5) is 5.69 Å². The Hall–Kier alpha value is -3.32. The van der Waals surface area contributed by atoms with E-state index in [2.05, 4.69) is 5.32 Å². The number of aryl methyl sites for hydroxylation is 1. The van der Waals surface area contributed by atoms with Gasteiger partial charge in [0.2, 0.25) is 0 Å². The molecule has 2 aromatic carbocycles. The van der Waals surface area contributed by atoms with Crippen LogP contribution in [0.2, 0.25) is 0 Å². The van der Waals surface area contributed by atoms with E-state index in [9.17, 15) is 9.59 Å². The lowest BCUT2D eigenvalue weighted by atomic mass is 10.1. The normalized spacial score (nSPS) is 10.9. The third-order valence-electron chi connectivity index (χ3n) is 4.55. The molecule has 7 nitrogen and oxygen atoms in total. The van der Waals surface area contributed by atoms with Gasteiger partial charge in [0.1, 0.15) is 6.61 Å². The minimum atomic E-state index is -0.304. The molecule has 0 bridgehead atoms. The molecule has 0 spiro atoms. The number of amides is 1. The van der Waals surface area contributed by atoms with Crippen molar-refractivity contribution in [2.24, 2.45) is 7.05 Å². The Morgan fingerprint density at radius 3 is 2.52 bits per heavy atom. The van der Waals surface area contributed by atoms with Crippen molar-refractivity contribution in [1.82, 2.24) is 9.47 Å². The molecule has 0 aliphatic heterocycles. The lowest BCUT2D eigenvalue weighted by molar-refractivity contribution is 0.102. The van der Waals surface area contributed by atoms with E-state index in [1.54, 1.807) is 56.8 Å². The van der Waals surface area contributed by atoms with Gasteiger partial charge < -0.3 is 24.3 Å². The van der Waals surface area contributed by atoms with Gasteiger partial charge in [0.05, 0.1) is 12.7 Å². The van der Waals surface area contributed by atoms with Crippen LogP contribution in [0.1, 0.15) is 10.4 Å². The number of carbonyl (C=O) groups is 1. The maximum atomic E-state index is 13.0. The fourth-order valence-electron chi connectivity index (χ4n) is 3.00. The van der Waals surface area contributed by atoms with Gasteiger partial charge in [-0.05, 0) is 32.3 Å². The number of ether oxygens (including phenoxy) is 2. The average molecular weight is 395 g/mol. The maximum absolute atomic E-state index is 13.0. The van der Waals surface area contributed by atoms with Crippen LogP contribution in [0.25, 0.3) is 10.8 Å². The molecule has 0 aliphatic rings. The molecule has 0 unspecified atom stereocenters. The summed E-state index contributed by atoms with van der Waals surface area (Å²) in [4.78, 5) is 27.3. The van der Waals surface area contributed by atoms with Gasteiger partial charge >= 0.3 is 0 Å². The molecule has 0 fully saturated rings. The Kier molecular flexibility index (Phi) is 6.19. The zero-order valence-electron chi connectivity index (χ0n) is 17.1. The number of hydrogen-bond acceptors (Lipinski definition) is 5. The van der Waals surface area contributed by atoms with Crippen LogP contribution in [0.3, 0.4) is 0 Å². The summed E-state index contributed by atoms with van der Waals surface area (Å²) in [5, 5.41) is 4.01. The van der Waals surface area contributed by atoms with E-state index in [4.69, 9.17) is 9.47 Å². The highest BCUT2D eigenvalue weighted by Crippen LogP contribution is 2.30. The highest BCUT2D eigenvalue weighted by Gasteiger charge is 2.15. The van der Waals surface area contributed by atoms with Gasteiger partial charge in [0.25, 0.3) is 11.5 Å². The second kappa shape index (κ2) is 8.79. The van der Waals surface area contributed by atoms with Crippen LogP contribution >= 0.6 is 0 Å². The van der Waals surface area contributed by atoms with Gasteiger partial charge in [-0.3, -0.25) is 9.59 Å². The van der Waals surface area contributed by atoms with Gasteiger partial charge in [-0.2, -0.15) is 0 Å².